The van der Waals surface area contributed by atoms with Gasteiger partial charge in [-0.05, 0) is 41.8 Å². The summed E-state index contributed by atoms with van der Waals surface area (Å²) in [5.41, 5.74) is 0.0642. The number of rotatable bonds is 7. The molecule has 6 nitrogen and oxygen atoms in total. The van der Waals surface area contributed by atoms with Crippen molar-refractivity contribution in [3.05, 3.63) is 65.5 Å². The minimum Gasteiger partial charge on any atom is -0.493 e. The van der Waals surface area contributed by atoms with E-state index in [0.717, 1.165) is 17.4 Å². The molecule has 0 aliphatic carbocycles. The average molecular weight is 459 g/mol. The molecule has 1 amide bonds. The summed E-state index contributed by atoms with van der Waals surface area (Å²) < 4.78 is 50.9. The van der Waals surface area contributed by atoms with E-state index in [0.29, 0.717) is 24.2 Å². The topological polar surface area (TPSA) is 68.5 Å². The summed E-state index contributed by atoms with van der Waals surface area (Å²) in [5, 5.41) is 4.01. The van der Waals surface area contributed by atoms with Crippen LogP contribution in [0.2, 0.25) is 0 Å². The number of nitrogens with zero attached hydrogens (tertiary/aromatic N) is 3. The number of halogens is 3. The molecule has 1 saturated heterocycles. The van der Waals surface area contributed by atoms with Crippen LogP contribution in [0.5, 0.6) is 5.75 Å². The number of likely N-dealkylation sites (tertiary alicyclic amines) is 1. The molecule has 1 aliphatic heterocycles. The first-order valence-corrected chi connectivity index (χ1v) is 10.7. The van der Waals surface area contributed by atoms with E-state index in [-0.39, 0.29) is 36.9 Å². The number of alkyl halides is 3. The quantitative estimate of drug-likeness (QED) is 0.479. The highest BCUT2D eigenvalue weighted by Crippen LogP contribution is 2.35. The van der Waals surface area contributed by atoms with Gasteiger partial charge in [-0.2, -0.15) is 18.2 Å². The van der Waals surface area contributed by atoms with Crippen LogP contribution in [-0.4, -0.2) is 34.1 Å². The molecule has 9 heteroatoms. The molecule has 1 unspecified atom stereocenters. The van der Waals surface area contributed by atoms with Gasteiger partial charge in [-0.15, -0.1) is 0 Å². The third-order valence-corrected chi connectivity index (χ3v) is 5.39. The lowest BCUT2D eigenvalue weighted by atomic mass is 10.1. The van der Waals surface area contributed by atoms with Crippen molar-refractivity contribution in [1.29, 1.82) is 0 Å². The van der Waals surface area contributed by atoms with Gasteiger partial charge in [-0.25, -0.2) is 0 Å². The molecule has 0 bridgehead atoms. The SMILES string of the molecule is CC(C)COc1ccc(-c2noc(C3CC(=O)N(Cc4ccccc4C(F)(F)F)C3)n2)cc1. The molecule has 0 N–H and O–H groups in total. The lowest BCUT2D eigenvalue weighted by molar-refractivity contribution is -0.139. The van der Waals surface area contributed by atoms with Crippen LogP contribution in [-0.2, 0) is 17.5 Å². The van der Waals surface area contributed by atoms with Gasteiger partial charge < -0.3 is 14.2 Å². The predicted octanol–water partition coefficient (Wildman–Crippen LogP) is 5.31. The summed E-state index contributed by atoms with van der Waals surface area (Å²) in [7, 11) is 0. The summed E-state index contributed by atoms with van der Waals surface area (Å²) >= 11 is 0. The maximum Gasteiger partial charge on any atom is 0.416 e. The van der Waals surface area contributed by atoms with E-state index in [4.69, 9.17) is 9.26 Å². The van der Waals surface area contributed by atoms with Crippen LogP contribution in [0, 0.1) is 5.92 Å². The van der Waals surface area contributed by atoms with Crippen LogP contribution < -0.4 is 4.74 Å². The number of aromatic nitrogens is 2. The molecular formula is C24H24F3N3O3. The monoisotopic (exact) mass is 459 g/mol. The summed E-state index contributed by atoms with van der Waals surface area (Å²) in [6.07, 6.45) is -4.37. The van der Waals surface area contributed by atoms with Gasteiger partial charge in [0.1, 0.15) is 5.75 Å². The number of carbonyl (C=O) groups excluding carboxylic acids is 1. The number of benzene rings is 2. The zero-order chi connectivity index (χ0) is 23.6. The van der Waals surface area contributed by atoms with Crippen LogP contribution in [0.15, 0.2) is 53.1 Å². The summed E-state index contributed by atoms with van der Waals surface area (Å²) in [6, 6.07) is 12.6. The Bertz CT molecular complexity index is 1110. The molecule has 4 rings (SSSR count). The van der Waals surface area contributed by atoms with Gasteiger partial charge in [0.2, 0.25) is 17.6 Å². The molecule has 1 atom stereocenters. The van der Waals surface area contributed by atoms with Gasteiger partial charge in [-0.1, -0.05) is 37.2 Å². The molecule has 0 radical (unpaired) electrons. The van der Waals surface area contributed by atoms with E-state index in [1.54, 1.807) is 0 Å². The van der Waals surface area contributed by atoms with Crippen molar-refractivity contribution < 1.29 is 27.2 Å². The maximum atomic E-state index is 13.3. The zero-order valence-corrected chi connectivity index (χ0v) is 18.3. The highest BCUT2D eigenvalue weighted by molar-refractivity contribution is 5.79. The highest BCUT2D eigenvalue weighted by atomic mass is 19.4. The Morgan fingerprint density at radius 3 is 2.58 bits per heavy atom. The minimum atomic E-state index is -4.48. The van der Waals surface area contributed by atoms with Crippen LogP contribution in [0.1, 0.15) is 43.2 Å². The van der Waals surface area contributed by atoms with E-state index in [1.165, 1.54) is 23.1 Å². The van der Waals surface area contributed by atoms with Gasteiger partial charge in [0, 0.05) is 25.1 Å². The fourth-order valence-electron chi connectivity index (χ4n) is 3.71. The fourth-order valence-corrected chi connectivity index (χ4v) is 3.71. The van der Waals surface area contributed by atoms with Crippen molar-refractivity contribution in [2.45, 2.75) is 38.9 Å². The summed E-state index contributed by atoms with van der Waals surface area (Å²) in [5.74, 6) is 1.22. The first-order valence-electron chi connectivity index (χ1n) is 10.7. The zero-order valence-electron chi connectivity index (χ0n) is 18.3. The lowest BCUT2D eigenvalue weighted by Crippen LogP contribution is -2.26. The van der Waals surface area contributed by atoms with Crippen molar-refractivity contribution in [2.24, 2.45) is 5.92 Å². The van der Waals surface area contributed by atoms with E-state index in [9.17, 15) is 18.0 Å². The minimum absolute atomic E-state index is 0.0602. The van der Waals surface area contributed by atoms with Gasteiger partial charge in [-0.3, -0.25) is 4.79 Å². The lowest BCUT2D eigenvalue weighted by Gasteiger charge is -2.19. The van der Waals surface area contributed by atoms with Crippen molar-refractivity contribution >= 4 is 5.91 Å². The molecule has 0 saturated carbocycles. The Balaban J connectivity index is 1.43. The Morgan fingerprint density at radius 1 is 1.15 bits per heavy atom. The van der Waals surface area contributed by atoms with E-state index in [2.05, 4.69) is 24.0 Å². The van der Waals surface area contributed by atoms with Gasteiger partial charge in [0.15, 0.2) is 0 Å². The van der Waals surface area contributed by atoms with E-state index in [1.807, 2.05) is 24.3 Å². The second-order valence-corrected chi connectivity index (χ2v) is 8.52. The molecular weight excluding hydrogens is 435 g/mol. The number of carbonyl (C=O) groups is 1. The number of hydrogen-bond acceptors (Lipinski definition) is 5. The Labute approximate surface area is 189 Å². The van der Waals surface area contributed by atoms with Crippen LogP contribution >= 0.6 is 0 Å². The Morgan fingerprint density at radius 2 is 1.88 bits per heavy atom. The summed E-state index contributed by atoms with van der Waals surface area (Å²) in [4.78, 5) is 18.3. The number of ether oxygens (including phenoxy) is 1. The third-order valence-electron chi connectivity index (χ3n) is 5.39. The van der Waals surface area contributed by atoms with Crippen molar-refractivity contribution in [3.8, 4) is 17.1 Å². The number of hydrogen-bond donors (Lipinski definition) is 0. The van der Waals surface area contributed by atoms with Gasteiger partial charge in [0.25, 0.3) is 0 Å². The van der Waals surface area contributed by atoms with Gasteiger partial charge in [0.05, 0.1) is 18.1 Å². The highest BCUT2D eigenvalue weighted by Gasteiger charge is 2.37. The first-order chi connectivity index (χ1) is 15.7. The second-order valence-electron chi connectivity index (χ2n) is 8.52. The molecule has 3 aromatic rings. The molecule has 174 valence electrons. The number of amides is 1. The standard InChI is InChI=1S/C24H24F3N3O3/c1-15(2)14-32-19-9-7-16(8-10-19)22-28-23(33-29-22)18-11-21(31)30(13-18)12-17-5-3-4-6-20(17)24(25,26)27/h3-10,15,18H,11-14H2,1-2H3. The largest absolute Gasteiger partial charge is 0.493 e. The van der Waals surface area contributed by atoms with Crippen molar-refractivity contribution in [3.63, 3.8) is 0 Å². The predicted molar refractivity (Wildman–Crippen MR) is 114 cm³/mol. The van der Waals surface area contributed by atoms with Crippen molar-refractivity contribution in [2.75, 3.05) is 13.2 Å². The normalized spacial score (nSPS) is 16.6. The smallest absolute Gasteiger partial charge is 0.416 e. The molecule has 2 heterocycles. The molecule has 2 aromatic carbocycles. The Hall–Kier alpha value is -3.36. The maximum absolute atomic E-state index is 13.3. The molecule has 1 fully saturated rings. The molecule has 1 aromatic heterocycles. The average Bonchev–Trinajstić information content (AvgIpc) is 3.40. The fraction of sp³-hybridized carbons (Fsp3) is 0.375. The van der Waals surface area contributed by atoms with Crippen LogP contribution in [0.25, 0.3) is 11.4 Å². The van der Waals surface area contributed by atoms with Crippen LogP contribution in [0.3, 0.4) is 0 Å². The van der Waals surface area contributed by atoms with Crippen LogP contribution in [0.4, 0.5) is 13.2 Å². The summed E-state index contributed by atoms with van der Waals surface area (Å²) in [6.45, 7) is 4.85. The first kappa shape index (κ1) is 22.8. The Kier molecular flexibility index (Phi) is 6.40. The molecule has 1 aliphatic rings. The van der Waals surface area contributed by atoms with Gasteiger partial charge >= 0.3 is 6.18 Å². The van der Waals surface area contributed by atoms with Crippen molar-refractivity contribution in [1.82, 2.24) is 15.0 Å². The van der Waals surface area contributed by atoms with E-state index < -0.39 is 11.7 Å². The molecule has 0 spiro atoms. The second kappa shape index (κ2) is 9.25. The van der Waals surface area contributed by atoms with E-state index >= 15 is 0 Å². The third kappa shape index (κ3) is 5.35. The molecule has 33 heavy (non-hydrogen) atoms.